The molecule has 0 spiro atoms. The molecule has 2 unspecified atom stereocenters. The Labute approximate surface area is 243 Å². The monoisotopic (exact) mass is 646 g/mol. The Morgan fingerprint density at radius 3 is 2.09 bits per heavy atom. The first kappa shape index (κ1) is 33.8. The van der Waals surface area contributed by atoms with E-state index in [4.69, 9.17) is 17.3 Å². The number of nitrogens with one attached hydrogen (secondary N) is 2. The fourth-order valence-corrected chi connectivity index (χ4v) is 4.83. The summed E-state index contributed by atoms with van der Waals surface area (Å²) in [7, 11) is 0. The highest BCUT2D eigenvalue weighted by Gasteiger charge is 2.41. The van der Waals surface area contributed by atoms with Gasteiger partial charge in [0.05, 0.1) is 28.5 Å². The molecule has 1 heterocycles. The second-order valence-corrected chi connectivity index (χ2v) is 10.2. The van der Waals surface area contributed by atoms with E-state index in [9.17, 15) is 53.9 Å². The van der Waals surface area contributed by atoms with Gasteiger partial charge in [-0.25, -0.2) is 0 Å². The molecule has 1 aliphatic rings. The highest BCUT2D eigenvalue weighted by molar-refractivity contribution is 6.34. The number of hydrogen-bond acceptors (Lipinski definition) is 4. The summed E-state index contributed by atoms with van der Waals surface area (Å²) >= 11 is 6.21. The maximum absolute atomic E-state index is 13.5. The molecule has 0 aliphatic carbocycles. The van der Waals surface area contributed by atoms with E-state index in [1.807, 2.05) is 0 Å². The van der Waals surface area contributed by atoms with Crippen LogP contribution in [0.4, 0.5) is 56.6 Å². The number of anilines is 3. The lowest BCUT2D eigenvalue weighted by Gasteiger charge is -2.30. The van der Waals surface area contributed by atoms with Crippen molar-refractivity contribution in [3.05, 3.63) is 53.1 Å². The van der Waals surface area contributed by atoms with E-state index < -0.39 is 91.9 Å². The minimum atomic E-state index is -4.86. The number of amides is 3. The zero-order valence-corrected chi connectivity index (χ0v) is 22.6. The standard InChI is InChI=1S/C26H24ClF9N4O3/c27-17-5-2-6-19-20(17)39-23(43)18(12-40(19)14-4-1-3-13(11-14)26(34,35)36)38-22(42)16(8-10-25(31,32)33)15(21(37)41)7-9-24(28,29)30/h1-6,11,15-16,18H,7-10,12H2,(H2,37,41)(H,38,42)(H,39,43)/t15?,16?,18-/m0/s1. The van der Waals surface area contributed by atoms with Crippen LogP contribution in [0.1, 0.15) is 31.2 Å². The van der Waals surface area contributed by atoms with Gasteiger partial charge in [-0.15, -0.1) is 0 Å². The van der Waals surface area contributed by atoms with Crippen molar-refractivity contribution in [2.24, 2.45) is 17.6 Å². The third-order valence-electron chi connectivity index (χ3n) is 6.68. The second-order valence-electron chi connectivity index (χ2n) is 9.77. The lowest BCUT2D eigenvalue weighted by Crippen LogP contribution is -2.52. The highest BCUT2D eigenvalue weighted by atomic mass is 35.5. The summed E-state index contributed by atoms with van der Waals surface area (Å²) in [5.41, 5.74) is 4.07. The number of halogens is 10. The molecule has 2 aromatic rings. The summed E-state index contributed by atoms with van der Waals surface area (Å²) in [5.74, 6) is -7.83. The molecule has 43 heavy (non-hydrogen) atoms. The van der Waals surface area contributed by atoms with Crippen LogP contribution in [0.15, 0.2) is 42.5 Å². The Hall–Kier alpha value is -3.69. The fourth-order valence-electron chi connectivity index (χ4n) is 4.62. The van der Waals surface area contributed by atoms with Crippen molar-refractivity contribution in [1.82, 2.24) is 5.32 Å². The summed E-state index contributed by atoms with van der Waals surface area (Å²) in [6, 6.07) is 6.40. The van der Waals surface area contributed by atoms with E-state index in [-0.39, 0.29) is 22.1 Å². The normalized spacial score (nSPS) is 17.4. The largest absolute Gasteiger partial charge is 0.416 e. The van der Waals surface area contributed by atoms with E-state index in [1.54, 1.807) is 0 Å². The van der Waals surface area contributed by atoms with E-state index in [0.717, 1.165) is 18.2 Å². The summed E-state index contributed by atoms with van der Waals surface area (Å²) in [6.07, 6.45) is -19.9. The molecule has 7 nitrogen and oxygen atoms in total. The van der Waals surface area contributed by atoms with Crippen molar-refractivity contribution in [3.63, 3.8) is 0 Å². The predicted octanol–water partition coefficient (Wildman–Crippen LogP) is 6.34. The molecule has 1 aliphatic heterocycles. The predicted molar refractivity (Wildman–Crippen MR) is 137 cm³/mol. The van der Waals surface area contributed by atoms with Gasteiger partial charge in [0, 0.05) is 30.4 Å². The van der Waals surface area contributed by atoms with Crippen LogP contribution in [-0.2, 0) is 20.6 Å². The van der Waals surface area contributed by atoms with Crippen molar-refractivity contribution in [2.45, 2.75) is 50.3 Å². The van der Waals surface area contributed by atoms with Crippen LogP contribution in [0.5, 0.6) is 0 Å². The fraction of sp³-hybridized carbons (Fsp3) is 0.423. The minimum absolute atomic E-state index is 0.0428. The number of benzene rings is 2. The maximum atomic E-state index is 13.5. The maximum Gasteiger partial charge on any atom is 0.416 e. The Bertz CT molecular complexity index is 1350. The van der Waals surface area contributed by atoms with E-state index in [2.05, 4.69) is 10.6 Å². The van der Waals surface area contributed by atoms with Crippen LogP contribution in [-0.4, -0.2) is 42.7 Å². The van der Waals surface area contributed by atoms with Gasteiger partial charge in [0.15, 0.2) is 0 Å². The van der Waals surface area contributed by atoms with Gasteiger partial charge in [0.25, 0.3) is 0 Å². The summed E-state index contributed by atoms with van der Waals surface area (Å²) in [4.78, 5) is 39.7. The summed E-state index contributed by atoms with van der Waals surface area (Å²) in [5, 5.41) is 4.53. The molecule has 4 N–H and O–H groups in total. The van der Waals surface area contributed by atoms with Crippen molar-refractivity contribution in [2.75, 3.05) is 16.8 Å². The van der Waals surface area contributed by atoms with Crippen LogP contribution in [0.3, 0.4) is 0 Å². The quantitative estimate of drug-likeness (QED) is 0.277. The number of rotatable bonds is 9. The third-order valence-corrected chi connectivity index (χ3v) is 6.99. The first-order chi connectivity index (χ1) is 19.8. The van der Waals surface area contributed by atoms with Crippen LogP contribution in [0, 0.1) is 11.8 Å². The van der Waals surface area contributed by atoms with Gasteiger partial charge in [-0.05, 0) is 43.2 Å². The molecule has 0 radical (unpaired) electrons. The smallest absolute Gasteiger partial charge is 0.369 e. The number of nitrogens with two attached hydrogens (primary N) is 1. The molecule has 236 valence electrons. The van der Waals surface area contributed by atoms with Gasteiger partial charge in [-0.1, -0.05) is 23.7 Å². The van der Waals surface area contributed by atoms with E-state index >= 15 is 0 Å². The molecule has 0 fully saturated rings. The average Bonchev–Trinajstić information content (AvgIpc) is 3.01. The molecule has 0 saturated carbocycles. The minimum Gasteiger partial charge on any atom is -0.369 e. The number of carbonyl (C=O) groups excluding carboxylic acids is 3. The third kappa shape index (κ3) is 9.15. The molecule has 3 rings (SSSR count). The topological polar surface area (TPSA) is 105 Å². The molecule has 17 heteroatoms. The van der Waals surface area contributed by atoms with Gasteiger partial charge in [-0.2, -0.15) is 39.5 Å². The lowest BCUT2D eigenvalue weighted by molar-refractivity contribution is -0.152. The van der Waals surface area contributed by atoms with Crippen LogP contribution in [0.25, 0.3) is 0 Å². The molecule has 3 atom stereocenters. The van der Waals surface area contributed by atoms with Gasteiger partial charge in [0.1, 0.15) is 6.04 Å². The molecule has 0 aromatic heterocycles. The Morgan fingerprint density at radius 2 is 1.53 bits per heavy atom. The molecule has 3 amide bonds. The van der Waals surface area contributed by atoms with Crippen molar-refractivity contribution in [1.29, 1.82) is 0 Å². The number of fused-ring (bicyclic) bond motifs is 1. The lowest BCUT2D eigenvalue weighted by atomic mass is 9.83. The first-order valence-corrected chi connectivity index (χ1v) is 12.9. The van der Waals surface area contributed by atoms with Crippen molar-refractivity contribution in [3.8, 4) is 0 Å². The second kappa shape index (κ2) is 12.9. The van der Waals surface area contributed by atoms with Crippen molar-refractivity contribution < 1.29 is 53.9 Å². The van der Waals surface area contributed by atoms with Crippen LogP contribution >= 0.6 is 11.6 Å². The average molecular weight is 647 g/mol. The first-order valence-electron chi connectivity index (χ1n) is 12.5. The number of primary amides is 1. The van der Waals surface area contributed by atoms with Gasteiger partial charge in [0.2, 0.25) is 17.7 Å². The number of para-hydroxylation sites is 1. The van der Waals surface area contributed by atoms with Gasteiger partial charge >= 0.3 is 18.5 Å². The Morgan fingerprint density at radius 1 is 0.953 bits per heavy atom. The molecule has 2 aromatic carbocycles. The van der Waals surface area contributed by atoms with Crippen molar-refractivity contribution >= 4 is 46.4 Å². The van der Waals surface area contributed by atoms with E-state index in [0.29, 0.717) is 0 Å². The zero-order valence-electron chi connectivity index (χ0n) is 21.8. The Balaban J connectivity index is 2.00. The SMILES string of the molecule is NC(=O)C(CCC(F)(F)F)C(CCC(F)(F)F)C(=O)N[C@H]1CN(c2cccc(C(F)(F)F)c2)c2cccc(Cl)c2NC1=O. The number of nitrogens with zero attached hydrogens (tertiary/aromatic N) is 1. The summed E-state index contributed by atoms with van der Waals surface area (Å²) < 4.78 is 118. The number of alkyl halides is 9. The Kier molecular flexibility index (Phi) is 10.1. The van der Waals surface area contributed by atoms with E-state index in [1.165, 1.54) is 29.2 Å². The zero-order chi connectivity index (χ0) is 32.3. The van der Waals surface area contributed by atoms with Gasteiger partial charge < -0.3 is 21.3 Å². The number of carbonyl (C=O) groups is 3. The molecule has 0 bridgehead atoms. The molecular formula is C26H24ClF9N4O3. The van der Waals surface area contributed by atoms with Crippen LogP contribution in [0.2, 0.25) is 5.02 Å². The summed E-state index contributed by atoms with van der Waals surface area (Å²) in [6.45, 7) is -0.581. The highest BCUT2D eigenvalue weighted by Crippen LogP contribution is 2.41. The van der Waals surface area contributed by atoms with Crippen LogP contribution < -0.4 is 21.3 Å². The van der Waals surface area contributed by atoms with Gasteiger partial charge in [-0.3, -0.25) is 14.4 Å². The molecular weight excluding hydrogens is 623 g/mol. The molecule has 0 saturated heterocycles. The number of hydrogen-bond donors (Lipinski definition) is 3.